The van der Waals surface area contributed by atoms with Gasteiger partial charge in [0.05, 0.1) is 12.2 Å². The fourth-order valence-electron chi connectivity index (χ4n) is 3.34. The summed E-state index contributed by atoms with van der Waals surface area (Å²) in [4.78, 5) is 27.7. The topological polar surface area (TPSA) is 71.2 Å². The van der Waals surface area contributed by atoms with Crippen molar-refractivity contribution in [1.82, 2.24) is 4.98 Å². The maximum Gasteiger partial charge on any atom is 0.338 e. The Kier molecular flexibility index (Phi) is 5.55. The molecule has 0 atom stereocenters. The van der Waals surface area contributed by atoms with Gasteiger partial charge in [-0.25, -0.2) is 4.79 Å². The normalized spacial score (nSPS) is 10.7. The molecule has 0 spiro atoms. The van der Waals surface area contributed by atoms with Gasteiger partial charge in [-0.15, -0.1) is 0 Å². The summed E-state index contributed by atoms with van der Waals surface area (Å²) in [5.41, 5.74) is 3.62. The minimum atomic E-state index is -0.382. The van der Waals surface area contributed by atoms with Gasteiger partial charge in [-0.3, -0.25) is 4.79 Å². The minimum Gasteiger partial charge on any atom is -0.462 e. The molecule has 0 aliphatic rings. The number of aromatic nitrogens is 1. The lowest BCUT2D eigenvalue weighted by atomic mass is 9.99. The highest BCUT2D eigenvalue weighted by molar-refractivity contribution is 6.31. The summed E-state index contributed by atoms with van der Waals surface area (Å²) in [6.45, 7) is 2.07. The predicted octanol–water partition coefficient (Wildman–Crippen LogP) is 5.77. The van der Waals surface area contributed by atoms with Crippen molar-refractivity contribution in [2.75, 3.05) is 11.9 Å². The van der Waals surface area contributed by atoms with Gasteiger partial charge in [-0.05, 0) is 55.0 Å². The van der Waals surface area contributed by atoms with E-state index in [1.165, 1.54) is 0 Å². The van der Waals surface area contributed by atoms with Gasteiger partial charge >= 0.3 is 5.97 Å². The minimum absolute atomic E-state index is 0.252. The second-order valence-corrected chi connectivity index (χ2v) is 7.12. The number of carbonyl (C=O) groups excluding carboxylic acids is 1. The van der Waals surface area contributed by atoms with Gasteiger partial charge in [-0.1, -0.05) is 41.9 Å². The number of halogens is 1. The van der Waals surface area contributed by atoms with Crippen molar-refractivity contribution in [2.45, 2.75) is 6.92 Å². The number of carbonyl (C=O) groups is 1. The largest absolute Gasteiger partial charge is 0.462 e. The SMILES string of the molecule is CCOC(=O)c1ccc(Nc2c(-c3ccccc3)c3cc(Cl)ccc3[nH]c2=O)cc1. The molecule has 0 aliphatic heterocycles. The van der Waals surface area contributed by atoms with Crippen LogP contribution in [0.2, 0.25) is 5.02 Å². The van der Waals surface area contributed by atoms with Crippen LogP contribution in [0.3, 0.4) is 0 Å². The Morgan fingerprint density at radius 3 is 2.47 bits per heavy atom. The van der Waals surface area contributed by atoms with Crippen molar-refractivity contribution in [3.8, 4) is 11.1 Å². The van der Waals surface area contributed by atoms with E-state index in [2.05, 4.69) is 10.3 Å². The number of H-pyrrole nitrogens is 1. The zero-order chi connectivity index (χ0) is 21.1. The van der Waals surface area contributed by atoms with Crippen molar-refractivity contribution >= 4 is 39.8 Å². The van der Waals surface area contributed by atoms with Crippen LogP contribution >= 0.6 is 11.6 Å². The summed E-state index contributed by atoms with van der Waals surface area (Å²) >= 11 is 6.25. The number of fused-ring (bicyclic) bond motifs is 1. The quantitative estimate of drug-likeness (QED) is 0.404. The van der Waals surface area contributed by atoms with Crippen LogP contribution in [0, 0.1) is 0 Å². The van der Waals surface area contributed by atoms with Gasteiger partial charge in [0.25, 0.3) is 5.56 Å². The number of ether oxygens (including phenoxy) is 1. The second kappa shape index (κ2) is 8.43. The van der Waals surface area contributed by atoms with Gasteiger partial charge in [0, 0.05) is 27.2 Å². The summed E-state index contributed by atoms with van der Waals surface area (Å²) in [5, 5.41) is 4.62. The number of pyridine rings is 1. The predicted molar refractivity (Wildman–Crippen MR) is 121 cm³/mol. The number of esters is 1. The van der Waals surface area contributed by atoms with E-state index in [4.69, 9.17) is 16.3 Å². The molecule has 1 heterocycles. The van der Waals surface area contributed by atoms with Crippen LogP contribution in [0.4, 0.5) is 11.4 Å². The fourth-order valence-corrected chi connectivity index (χ4v) is 3.51. The van der Waals surface area contributed by atoms with Crippen molar-refractivity contribution in [2.24, 2.45) is 0 Å². The molecular formula is C24H19ClN2O3. The second-order valence-electron chi connectivity index (χ2n) is 6.68. The van der Waals surface area contributed by atoms with Crippen LogP contribution in [0.5, 0.6) is 0 Å². The lowest BCUT2D eigenvalue weighted by Gasteiger charge is -2.15. The molecule has 4 rings (SSSR count). The first-order valence-electron chi connectivity index (χ1n) is 9.52. The molecule has 4 aromatic rings. The van der Waals surface area contributed by atoms with E-state index in [-0.39, 0.29) is 11.5 Å². The van der Waals surface area contributed by atoms with E-state index < -0.39 is 0 Å². The van der Waals surface area contributed by atoms with E-state index >= 15 is 0 Å². The monoisotopic (exact) mass is 418 g/mol. The van der Waals surface area contributed by atoms with Gasteiger partial charge in [-0.2, -0.15) is 0 Å². The van der Waals surface area contributed by atoms with E-state index in [1.54, 1.807) is 43.3 Å². The first-order valence-corrected chi connectivity index (χ1v) is 9.90. The number of benzene rings is 3. The highest BCUT2D eigenvalue weighted by atomic mass is 35.5. The van der Waals surface area contributed by atoms with Gasteiger partial charge in [0.2, 0.25) is 0 Å². The summed E-state index contributed by atoms with van der Waals surface area (Å²) in [6, 6.07) is 21.8. The van der Waals surface area contributed by atoms with Gasteiger partial charge in [0.15, 0.2) is 0 Å². The molecule has 1 aromatic heterocycles. The lowest BCUT2D eigenvalue weighted by Crippen LogP contribution is -2.13. The van der Waals surface area contributed by atoms with Crippen molar-refractivity contribution in [3.05, 3.63) is 93.7 Å². The van der Waals surface area contributed by atoms with Crippen LogP contribution in [0.25, 0.3) is 22.0 Å². The summed E-state index contributed by atoms with van der Waals surface area (Å²) in [5.74, 6) is -0.382. The first kappa shape index (κ1) is 19.7. The number of anilines is 2. The van der Waals surface area contributed by atoms with Crippen molar-refractivity contribution in [3.63, 3.8) is 0 Å². The molecule has 2 N–H and O–H groups in total. The number of nitrogens with one attached hydrogen (secondary N) is 2. The molecule has 5 nitrogen and oxygen atoms in total. The molecule has 6 heteroatoms. The van der Waals surface area contributed by atoms with E-state index in [9.17, 15) is 9.59 Å². The number of hydrogen-bond acceptors (Lipinski definition) is 4. The Balaban J connectivity index is 1.83. The zero-order valence-corrected chi connectivity index (χ0v) is 17.0. The van der Waals surface area contributed by atoms with Gasteiger partial charge in [0.1, 0.15) is 5.69 Å². The van der Waals surface area contributed by atoms with Crippen LogP contribution in [0.1, 0.15) is 17.3 Å². The summed E-state index contributed by atoms with van der Waals surface area (Å²) in [6.07, 6.45) is 0. The Morgan fingerprint density at radius 1 is 1.03 bits per heavy atom. The number of aromatic amines is 1. The number of hydrogen-bond donors (Lipinski definition) is 2. The Bertz CT molecular complexity index is 1270. The van der Waals surface area contributed by atoms with Crippen LogP contribution in [-0.4, -0.2) is 17.6 Å². The van der Waals surface area contributed by atoms with Crippen LogP contribution < -0.4 is 10.9 Å². The standard InChI is InChI=1S/C24H19ClN2O3/c1-2-30-24(29)16-8-11-18(12-9-16)26-22-21(15-6-4-3-5-7-15)19-14-17(25)10-13-20(19)27-23(22)28/h3-14,26H,2H2,1H3,(H,27,28). The number of rotatable bonds is 5. The molecule has 3 aromatic carbocycles. The Labute approximate surface area is 178 Å². The Hall–Kier alpha value is -3.57. The molecular weight excluding hydrogens is 400 g/mol. The highest BCUT2D eigenvalue weighted by Crippen LogP contribution is 2.35. The molecule has 0 fully saturated rings. The van der Waals surface area contributed by atoms with E-state index in [0.717, 1.165) is 16.5 Å². The Morgan fingerprint density at radius 2 is 1.77 bits per heavy atom. The molecule has 0 amide bonds. The highest BCUT2D eigenvalue weighted by Gasteiger charge is 2.16. The van der Waals surface area contributed by atoms with E-state index in [1.807, 2.05) is 36.4 Å². The molecule has 0 saturated carbocycles. The molecule has 0 bridgehead atoms. The average Bonchev–Trinajstić information content (AvgIpc) is 2.76. The van der Waals surface area contributed by atoms with Crippen molar-refractivity contribution < 1.29 is 9.53 Å². The molecule has 0 unspecified atom stereocenters. The summed E-state index contributed by atoms with van der Waals surface area (Å²) in [7, 11) is 0. The summed E-state index contributed by atoms with van der Waals surface area (Å²) < 4.78 is 5.01. The molecule has 30 heavy (non-hydrogen) atoms. The third-order valence-corrected chi connectivity index (χ3v) is 4.94. The smallest absolute Gasteiger partial charge is 0.338 e. The first-order chi connectivity index (χ1) is 14.6. The zero-order valence-electron chi connectivity index (χ0n) is 16.2. The molecule has 0 radical (unpaired) electrons. The van der Waals surface area contributed by atoms with Gasteiger partial charge < -0.3 is 15.0 Å². The average molecular weight is 419 g/mol. The van der Waals surface area contributed by atoms with Crippen LogP contribution in [0.15, 0.2) is 77.6 Å². The molecule has 0 saturated heterocycles. The molecule has 0 aliphatic carbocycles. The molecule has 150 valence electrons. The maximum atomic E-state index is 13.0. The van der Waals surface area contributed by atoms with E-state index in [0.29, 0.717) is 34.1 Å². The maximum absolute atomic E-state index is 13.0. The fraction of sp³-hybridized carbons (Fsp3) is 0.0833. The lowest BCUT2D eigenvalue weighted by molar-refractivity contribution is 0.0526. The third kappa shape index (κ3) is 3.93. The third-order valence-electron chi connectivity index (χ3n) is 4.70. The van der Waals surface area contributed by atoms with Crippen LogP contribution in [-0.2, 0) is 4.74 Å². The van der Waals surface area contributed by atoms with Crippen molar-refractivity contribution in [1.29, 1.82) is 0 Å².